The van der Waals surface area contributed by atoms with Crippen molar-refractivity contribution in [3.8, 4) is 22.9 Å². The lowest BCUT2D eigenvalue weighted by Gasteiger charge is -2.10. The topological polar surface area (TPSA) is 161 Å². The van der Waals surface area contributed by atoms with Crippen LogP contribution in [0.2, 0.25) is 0 Å². The molecule has 0 bridgehead atoms. The normalized spacial score (nSPS) is 9.94. The number of hydrogen-bond donors (Lipinski definition) is 2. The van der Waals surface area contributed by atoms with E-state index in [4.69, 9.17) is 10.00 Å². The molecule has 0 radical (unpaired) electrons. The quantitative estimate of drug-likeness (QED) is 0.300. The van der Waals surface area contributed by atoms with Gasteiger partial charge in [0.25, 0.3) is 17.5 Å². The Morgan fingerprint density at radius 2 is 1.54 bits per heavy atom. The van der Waals surface area contributed by atoms with Crippen molar-refractivity contribution in [2.45, 2.75) is 0 Å². The van der Waals surface area contributed by atoms with Gasteiger partial charge in [0.1, 0.15) is 5.75 Å². The summed E-state index contributed by atoms with van der Waals surface area (Å²) in [5.41, 5.74) is 5.70. The van der Waals surface area contributed by atoms with Crippen LogP contribution in [-0.2, 0) is 9.53 Å². The third kappa shape index (κ3) is 6.39. The number of methoxy groups -OCH3 is 1. The molecule has 11 heteroatoms. The Kier molecular flexibility index (Phi) is 7.71. The second-order valence-corrected chi connectivity index (χ2v) is 7.02. The number of hydrazine groups is 1. The Morgan fingerprint density at radius 1 is 0.943 bits per heavy atom. The van der Waals surface area contributed by atoms with Crippen LogP contribution < -0.4 is 15.6 Å². The van der Waals surface area contributed by atoms with Gasteiger partial charge in [0.15, 0.2) is 6.61 Å². The molecular weight excluding hydrogens is 456 g/mol. The van der Waals surface area contributed by atoms with Gasteiger partial charge in [-0.3, -0.25) is 30.6 Å². The molecule has 0 atom stereocenters. The number of esters is 1. The largest absolute Gasteiger partial charge is 0.484 e. The van der Waals surface area contributed by atoms with Crippen molar-refractivity contribution < 1.29 is 28.8 Å². The Balaban J connectivity index is 1.55. The van der Waals surface area contributed by atoms with Crippen molar-refractivity contribution in [1.82, 2.24) is 10.9 Å². The summed E-state index contributed by atoms with van der Waals surface area (Å²) in [7, 11) is 1.10. The minimum absolute atomic E-state index is 0.189. The minimum atomic E-state index is -0.876. The van der Waals surface area contributed by atoms with Crippen molar-refractivity contribution in [2.24, 2.45) is 0 Å². The van der Waals surface area contributed by atoms with E-state index in [1.807, 2.05) is 12.1 Å². The number of hydrogen-bond acceptors (Lipinski definition) is 8. The molecule has 3 aromatic carbocycles. The van der Waals surface area contributed by atoms with Crippen LogP contribution in [0.25, 0.3) is 11.1 Å². The second-order valence-electron chi connectivity index (χ2n) is 7.02. The van der Waals surface area contributed by atoms with Crippen molar-refractivity contribution in [3.63, 3.8) is 0 Å². The molecule has 0 aliphatic heterocycles. The van der Waals surface area contributed by atoms with Crippen LogP contribution in [0, 0.1) is 21.4 Å². The van der Waals surface area contributed by atoms with Gasteiger partial charge >= 0.3 is 5.97 Å². The molecule has 0 aliphatic rings. The zero-order valence-corrected chi connectivity index (χ0v) is 18.3. The van der Waals surface area contributed by atoms with Crippen LogP contribution in [0.5, 0.6) is 5.75 Å². The molecule has 3 rings (SSSR count). The van der Waals surface area contributed by atoms with Gasteiger partial charge in [-0.1, -0.05) is 24.3 Å². The van der Waals surface area contributed by atoms with Gasteiger partial charge in [0.05, 0.1) is 29.2 Å². The standard InChI is InChI=1S/C24H18N4O7/c1-34-24(31)19-10-18(11-20(12-19)28(32)33)23(30)27-26-22(29)14-35-21-8-6-17(7-9-21)16-4-2-15(13-25)3-5-16/h2-12H,14H2,1H3,(H,26,29)(H,27,30). The molecule has 0 aliphatic carbocycles. The van der Waals surface area contributed by atoms with Gasteiger partial charge in [0.2, 0.25) is 0 Å². The number of nitro groups is 1. The molecule has 2 amide bonds. The molecule has 11 nitrogen and oxygen atoms in total. The van der Waals surface area contributed by atoms with Crippen molar-refractivity contribution in [1.29, 1.82) is 5.26 Å². The van der Waals surface area contributed by atoms with E-state index in [1.165, 1.54) is 0 Å². The van der Waals surface area contributed by atoms with Gasteiger partial charge in [-0.25, -0.2) is 4.79 Å². The highest BCUT2D eigenvalue weighted by Crippen LogP contribution is 2.23. The molecule has 0 aromatic heterocycles. The highest BCUT2D eigenvalue weighted by molar-refractivity contribution is 5.99. The highest BCUT2D eigenvalue weighted by atomic mass is 16.6. The van der Waals surface area contributed by atoms with Crippen LogP contribution >= 0.6 is 0 Å². The average Bonchev–Trinajstić information content (AvgIpc) is 2.90. The van der Waals surface area contributed by atoms with E-state index >= 15 is 0 Å². The van der Waals surface area contributed by atoms with Crippen molar-refractivity contribution in [2.75, 3.05) is 13.7 Å². The van der Waals surface area contributed by atoms with Gasteiger partial charge in [-0.2, -0.15) is 5.26 Å². The summed E-state index contributed by atoms with van der Waals surface area (Å²) in [6.45, 7) is -0.418. The number of benzene rings is 3. The predicted octanol–water partition coefficient (Wildman–Crippen LogP) is 2.76. The molecule has 3 aromatic rings. The molecule has 2 N–H and O–H groups in total. The Labute approximate surface area is 199 Å². The summed E-state index contributed by atoms with van der Waals surface area (Å²) < 4.78 is 9.92. The summed E-state index contributed by atoms with van der Waals surface area (Å²) in [5, 5.41) is 19.9. The van der Waals surface area contributed by atoms with Gasteiger partial charge < -0.3 is 9.47 Å². The molecular formula is C24H18N4O7. The van der Waals surface area contributed by atoms with Gasteiger partial charge in [-0.15, -0.1) is 0 Å². The summed E-state index contributed by atoms with van der Waals surface area (Å²) >= 11 is 0. The number of amides is 2. The SMILES string of the molecule is COC(=O)c1cc(C(=O)NNC(=O)COc2ccc(-c3ccc(C#N)cc3)cc2)cc([N+](=O)[O-])c1. The van der Waals surface area contributed by atoms with E-state index in [1.54, 1.807) is 36.4 Å². The van der Waals surface area contributed by atoms with E-state index in [-0.39, 0.29) is 11.1 Å². The summed E-state index contributed by atoms with van der Waals surface area (Å²) in [5.74, 6) is -2.01. The number of nitriles is 1. The highest BCUT2D eigenvalue weighted by Gasteiger charge is 2.18. The maximum Gasteiger partial charge on any atom is 0.338 e. The van der Waals surface area contributed by atoms with Gasteiger partial charge in [0, 0.05) is 17.7 Å². The number of nitro benzene ring substituents is 1. The Hall–Kier alpha value is -5.24. The predicted molar refractivity (Wildman–Crippen MR) is 122 cm³/mol. The molecule has 0 fully saturated rings. The number of carbonyl (C=O) groups is 3. The Morgan fingerprint density at radius 3 is 2.11 bits per heavy atom. The zero-order valence-electron chi connectivity index (χ0n) is 18.3. The van der Waals surface area contributed by atoms with E-state index < -0.39 is 35.0 Å². The third-order valence-corrected chi connectivity index (χ3v) is 4.70. The van der Waals surface area contributed by atoms with Crippen LogP contribution in [0.3, 0.4) is 0 Å². The van der Waals surface area contributed by atoms with E-state index in [0.29, 0.717) is 11.3 Å². The summed E-state index contributed by atoms with van der Waals surface area (Å²) in [4.78, 5) is 46.4. The van der Waals surface area contributed by atoms with Gasteiger partial charge in [-0.05, 0) is 41.5 Å². The minimum Gasteiger partial charge on any atom is -0.484 e. The number of nitrogens with zero attached hydrogens (tertiary/aromatic N) is 2. The lowest BCUT2D eigenvalue weighted by Crippen LogP contribution is -2.43. The number of ether oxygens (including phenoxy) is 2. The number of nitrogens with one attached hydrogen (secondary N) is 2. The zero-order chi connectivity index (χ0) is 25.4. The molecule has 0 unspecified atom stereocenters. The molecule has 35 heavy (non-hydrogen) atoms. The van der Waals surface area contributed by atoms with E-state index in [0.717, 1.165) is 36.4 Å². The van der Waals surface area contributed by atoms with Crippen LogP contribution in [0.1, 0.15) is 26.3 Å². The molecule has 0 heterocycles. The smallest absolute Gasteiger partial charge is 0.338 e. The maximum absolute atomic E-state index is 12.3. The average molecular weight is 474 g/mol. The number of rotatable bonds is 7. The number of carbonyl (C=O) groups excluding carboxylic acids is 3. The monoisotopic (exact) mass is 474 g/mol. The first kappa shape index (κ1) is 24.4. The fraction of sp³-hybridized carbons (Fsp3) is 0.0833. The third-order valence-electron chi connectivity index (χ3n) is 4.70. The van der Waals surface area contributed by atoms with Crippen LogP contribution in [-0.4, -0.2) is 36.4 Å². The van der Waals surface area contributed by atoms with Crippen LogP contribution in [0.4, 0.5) is 5.69 Å². The molecule has 176 valence electrons. The van der Waals surface area contributed by atoms with Crippen molar-refractivity contribution >= 4 is 23.5 Å². The summed E-state index contributed by atoms with van der Waals surface area (Å²) in [6.07, 6.45) is 0. The maximum atomic E-state index is 12.3. The fourth-order valence-corrected chi connectivity index (χ4v) is 2.95. The second kappa shape index (κ2) is 11.1. The van der Waals surface area contributed by atoms with Crippen molar-refractivity contribution in [3.05, 3.63) is 93.5 Å². The first-order chi connectivity index (χ1) is 16.8. The summed E-state index contributed by atoms with van der Waals surface area (Å²) in [6, 6.07) is 19.1. The molecule has 0 saturated carbocycles. The fourth-order valence-electron chi connectivity index (χ4n) is 2.95. The molecule has 0 spiro atoms. The molecule has 0 saturated heterocycles. The van der Waals surface area contributed by atoms with Crippen LogP contribution in [0.15, 0.2) is 66.7 Å². The number of non-ortho nitro benzene ring substituents is 1. The lowest BCUT2D eigenvalue weighted by molar-refractivity contribution is -0.384. The van der Waals surface area contributed by atoms with E-state index in [2.05, 4.69) is 21.7 Å². The van der Waals surface area contributed by atoms with E-state index in [9.17, 15) is 24.5 Å². The Bertz CT molecular complexity index is 1310. The first-order valence-corrected chi connectivity index (χ1v) is 10.0. The first-order valence-electron chi connectivity index (χ1n) is 10.0. The lowest BCUT2D eigenvalue weighted by atomic mass is 10.0.